The van der Waals surface area contributed by atoms with E-state index >= 15 is 0 Å². The fraction of sp³-hybridized carbons (Fsp3) is 0.267. The van der Waals surface area contributed by atoms with Crippen LogP contribution in [-0.4, -0.2) is 19.1 Å². The Hall–Kier alpha value is -2.03. The summed E-state index contributed by atoms with van der Waals surface area (Å²) in [6.07, 6.45) is 3.71. The van der Waals surface area contributed by atoms with Gasteiger partial charge in [-0.1, -0.05) is 29.8 Å². The number of benzene rings is 1. The van der Waals surface area contributed by atoms with Gasteiger partial charge in [0, 0.05) is 20.6 Å². The maximum Gasteiger partial charge on any atom is 0.0573 e. The first-order valence-electron chi connectivity index (χ1n) is 6.08. The Bertz CT molecular complexity index is 505. The summed E-state index contributed by atoms with van der Waals surface area (Å²) in [5, 5.41) is 3.10. The molecule has 3 heteroatoms. The number of aromatic nitrogens is 1. The number of anilines is 2. The Morgan fingerprint density at radius 3 is 2.56 bits per heavy atom. The Balaban J connectivity index is 2.11. The molecule has 94 valence electrons. The predicted molar refractivity (Wildman–Crippen MR) is 77.1 cm³/mol. The predicted octanol–water partition coefficient (Wildman–Crippen LogP) is 3.07. The molecule has 0 atom stereocenters. The lowest BCUT2D eigenvalue weighted by atomic mass is 10.1. The average molecular weight is 241 g/mol. The van der Waals surface area contributed by atoms with Gasteiger partial charge in [0.05, 0.1) is 23.8 Å². The van der Waals surface area contributed by atoms with Crippen molar-refractivity contribution in [3.63, 3.8) is 0 Å². The molecule has 0 aliphatic heterocycles. The Morgan fingerprint density at radius 1 is 1.17 bits per heavy atom. The molecule has 0 bridgehead atoms. The SMILES string of the molecule is CNc1cncc(N(C)Cc2ccc(C)cc2)c1. The Morgan fingerprint density at radius 2 is 1.89 bits per heavy atom. The summed E-state index contributed by atoms with van der Waals surface area (Å²) in [5.41, 5.74) is 4.74. The molecular weight excluding hydrogens is 222 g/mol. The number of aryl methyl sites for hydroxylation is 1. The second-order valence-electron chi connectivity index (χ2n) is 4.52. The quantitative estimate of drug-likeness (QED) is 0.891. The lowest BCUT2D eigenvalue weighted by Gasteiger charge is -2.19. The molecule has 0 saturated carbocycles. The number of rotatable bonds is 4. The van der Waals surface area contributed by atoms with Crippen LogP contribution in [0.15, 0.2) is 42.7 Å². The van der Waals surface area contributed by atoms with Crippen molar-refractivity contribution in [3.05, 3.63) is 53.9 Å². The number of nitrogens with zero attached hydrogens (tertiary/aromatic N) is 2. The Labute approximate surface area is 108 Å². The smallest absolute Gasteiger partial charge is 0.0573 e. The van der Waals surface area contributed by atoms with E-state index in [1.54, 1.807) is 0 Å². The first-order chi connectivity index (χ1) is 8.69. The third-order valence-corrected chi connectivity index (χ3v) is 2.99. The van der Waals surface area contributed by atoms with Crippen LogP contribution < -0.4 is 10.2 Å². The standard InChI is InChI=1S/C15H19N3/c1-12-4-6-13(7-5-12)11-18(3)15-8-14(16-2)9-17-10-15/h4-10,16H,11H2,1-3H3. The second-order valence-corrected chi connectivity index (χ2v) is 4.52. The van der Waals surface area contributed by atoms with Crippen molar-refractivity contribution in [1.82, 2.24) is 4.98 Å². The highest BCUT2D eigenvalue weighted by atomic mass is 15.1. The normalized spacial score (nSPS) is 10.2. The molecule has 0 aliphatic rings. The first-order valence-corrected chi connectivity index (χ1v) is 6.08. The maximum atomic E-state index is 4.23. The van der Waals surface area contributed by atoms with E-state index in [4.69, 9.17) is 0 Å². The monoisotopic (exact) mass is 241 g/mol. The molecule has 0 spiro atoms. The molecule has 1 N–H and O–H groups in total. The van der Waals surface area contributed by atoms with Gasteiger partial charge in [-0.2, -0.15) is 0 Å². The molecule has 2 rings (SSSR count). The number of nitrogens with one attached hydrogen (secondary N) is 1. The van der Waals surface area contributed by atoms with Gasteiger partial charge in [0.2, 0.25) is 0 Å². The van der Waals surface area contributed by atoms with Gasteiger partial charge in [0.1, 0.15) is 0 Å². The van der Waals surface area contributed by atoms with Crippen molar-refractivity contribution in [2.24, 2.45) is 0 Å². The zero-order chi connectivity index (χ0) is 13.0. The zero-order valence-corrected chi connectivity index (χ0v) is 11.1. The van der Waals surface area contributed by atoms with Crippen LogP contribution >= 0.6 is 0 Å². The highest BCUT2D eigenvalue weighted by Gasteiger charge is 2.03. The summed E-state index contributed by atoms with van der Waals surface area (Å²) in [5.74, 6) is 0. The molecular formula is C15H19N3. The molecule has 0 saturated heterocycles. The van der Waals surface area contributed by atoms with E-state index in [-0.39, 0.29) is 0 Å². The molecule has 2 aromatic rings. The van der Waals surface area contributed by atoms with Gasteiger partial charge < -0.3 is 10.2 Å². The minimum atomic E-state index is 0.884. The fourth-order valence-corrected chi connectivity index (χ4v) is 1.83. The van der Waals surface area contributed by atoms with Crippen LogP contribution in [-0.2, 0) is 6.54 Å². The van der Waals surface area contributed by atoms with Crippen LogP contribution in [0.5, 0.6) is 0 Å². The minimum Gasteiger partial charge on any atom is -0.387 e. The molecule has 1 aromatic carbocycles. The third-order valence-electron chi connectivity index (χ3n) is 2.99. The zero-order valence-electron chi connectivity index (χ0n) is 11.1. The van der Waals surface area contributed by atoms with Crippen molar-refractivity contribution in [3.8, 4) is 0 Å². The van der Waals surface area contributed by atoms with Crippen LogP contribution in [0.2, 0.25) is 0 Å². The number of pyridine rings is 1. The van der Waals surface area contributed by atoms with Gasteiger partial charge in [-0.25, -0.2) is 0 Å². The summed E-state index contributed by atoms with van der Waals surface area (Å²) >= 11 is 0. The van der Waals surface area contributed by atoms with E-state index in [1.165, 1.54) is 11.1 Å². The molecule has 0 aliphatic carbocycles. The Kier molecular flexibility index (Phi) is 3.82. The highest BCUT2D eigenvalue weighted by Crippen LogP contribution is 2.18. The van der Waals surface area contributed by atoms with Gasteiger partial charge in [0.15, 0.2) is 0 Å². The minimum absolute atomic E-state index is 0.884. The van der Waals surface area contributed by atoms with E-state index in [0.29, 0.717) is 0 Å². The lowest BCUT2D eigenvalue weighted by Crippen LogP contribution is -2.16. The topological polar surface area (TPSA) is 28.2 Å². The summed E-state index contributed by atoms with van der Waals surface area (Å²) in [4.78, 5) is 6.42. The van der Waals surface area contributed by atoms with Crippen molar-refractivity contribution in [2.45, 2.75) is 13.5 Å². The molecule has 0 radical (unpaired) electrons. The maximum absolute atomic E-state index is 4.23. The number of hydrogen-bond acceptors (Lipinski definition) is 3. The molecule has 3 nitrogen and oxygen atoms in total. The van der Waals surface area contributed by atoms with Crippen molar-refractivity contribution in [1.29, 1.82) is 0 Å². The average Bonchev–Trinajstić information content (AvgIpc) is 2.41. The van der Waals surface area contributed by atoms with E-state index < -0.39 is 0 Å². The summed E-state index contributed by atoms with van der Waals surface area (Å²) < 4.78 is 0. The van der Waals surface area contributed by atoms with Crippen molar-refractivity contribution >= 4 is 11.4 Å². The highest BCUT2D eigenvalue weighted by molar-refractivity contribution is 5.55. The molecule has 0 amide bonds. The van der Waals surface area contributed by atoms with E-state index in [0.717, 1.165) is 17.9 Å². The molecule has 18 heavy (non-hydrogen) atoms. The van der Waals surface area contributed by atoms with E-state index in [9.17, 15) is 0 Å². The van der Waals surface area contributed by atoms with Gasteiger partial charge in [-0.05, 0) is 18.6 Å². The third kappa shape index (κ3) is 3.00. The molecule has 0 unspecified atom stereocenters. The van der Waals surface area contributed by atoms with Gasteiger partial charge in [-0.15, -0.1) is 0 Å². The first kappa shape index (κ1) is 12.4. The van der Waals surface area contributed by atoms with Gasteiger partial charge >= 0.3 is 0 Å². The lowest BCUT2D eigenvalue weighted by molar-refractivity contribution is 0.917. The van der Waals surface area contributed by atoms with E-state index in [2.05, 4.69) is 59.5 Å². The van der Waals surface area contributed by atoms with Gasteiger partial charge in [0.25, 0.3) is 0 Å². The molecule has 1 heterocycles. The number of hydrogen-bond donors (Lipinski definition) is 1. The van der Waals surface area contributed by atoms with Crippen LogP contribution in [0.1, 0.15) is 11.1 Å². The van der Waals surface area contributed by atoms with E-state index in [1.807, 2.05) is 19.4 Å². The van der Waals surface area contributed by atoms with Crippen LogP contribution in [0.25, 0.3) is 0 Å². The summed E-state index contributed by atoms with van der Waals surface area (Å²) in [6.45, 7) is 2.99. The second kappa shape index (κ2) is 5.54. The molecule has 1 aromatic heterocycles. The van der Waals surface area contributed by atoms with Crippen molar-refractivity contribution < 1.29 is 0 Å². The van der Waals surface area contributed by atoms with Crippen LogP contribution in [0, 0.1) is 6.92 Å². The molecule has 0 fully saturated rings. The summed E-state index contributed by atoms with van der Waals surface area (Å²) in [6, 6.07) is 10.7. The van der Waals surface area contributed by atoms with Crippen LogP contribution in [0.3, 0.4) is 0 Å². The largest absolute Gasteiger partial charge is 0.387 e. The van der Waals surface area contributed by atoms with Crippen LogP contribution in [0.4, 0.5) is 11.4 Å². The fourth-order valence-electron chi connectivity index (χ4n) is 1.83. The summed E-state index contributed by atoms with van der Waals surface area (Å²) in [7, 11) is 3.98. The van der Waals surface area contributed by atoms with Crippen molar-refractivity contribution in [2.75, 3.05) is 24.3 Å². The van der Waals surface area contributed by atoms with Gasteiger partial charge in [-0.3, -0.25) is 4.98 Å².